The van der Waals surface area contributed by atoms with E-state index in [0.717, 1.165) is 24.8 Å². The first kappa shape index (κ1) is 17.8. The summed E-state index contributed by atoms with van der Waals surface area (Å²) in [5.41, 5.74) is 3.60. The molecule has 0 fully saturated rings. The van der Waals surface area contributed by atoms with Crippen molar-refractivity contribution in [2.45, 2.75) is 38.0 Å². The van der Waals surface area contributed by atoms with Crippen molar-refractivity contribution in [1.82, 2.24) is 4.98 Å². The van der Waals surface area contributed by atoms with E-state index in [4.69, 9.17) is 11.6 Å². The van der Waals surface area contributed by atoms with Gasteiger partial charge >= 0.3 is 0 Å². The van der Waals surface area contributed by atoms with Crippen molar-refractivity contribution in [3.8, 4) is 0 Å². The number of rotatable bonds is 9. The number of aromatic amines is 1. The first-order chi connectivity index (χ1) is 12.3. The molecule has 3 heteroatoms. The largest absolute Gasteiger partial charge is 0.361 e. The fourth-order valence-corrected chi connectivity index (χ4v) is 3.58. The van der Waals surface area contributed by atoms with Crippen LogP contribution in [0.1, 0.15) is 42.7 Å². The van der Waals surface area contributed by atoms with E-state index in [1.54, 1.807) is 0 Å². The highest BCUT2D eigenvalue weighted by Gasteiger charge is 2.19. The van der Waals surface area contributed by atoms with Gasteiger partial charge in [0.05, 0.1) is 0 Å². The Bertz CT molecular complexity index is 809. The summed E-state index contributed by atoms with van der Waals surface area (Å²) in [6, 6.07) is 18.5. The van der Waals surface area contributed by atoms with Crippen LogP contribution in [0.4, 0.5) is 0 Å². The van der Waals surface area contributed by atoms with Crippen LogP contribution in [0, 0.1) is 0 Å². The molecule has 2 nitrogen and oxygen atoms in total. The number of ketones is 1. The zero-order valence-corrected chi connectivity index (χ0v) is 15.1. The number of benzene rings is 2. The molecule has 1 atom stereocenters. The number of hydrogen-bond donors (Lipinski definition) is 1. The normalized spacial score (nSPS) is 12.4. The number of aryl methyl sites for hydroxylation is 1. The number of fused-ring (bicyclic) bond motifs is 1. The van der Waals surface area contributed by atoms with Gasteiger partial charge in [0.2, 0.25) is 0 Å². The second-order valence-electron chi connectivity index (χ2n) is 6.55. The fourth-order valence-electron chi connectivity index (χ4n) is 3.43. The van der Waals surface area contributed by atoms with Gasteiger partial charge in [-0.15, -0.1) is 11.6 Å². The Morgan fingerprint density at radius 1 is 1.04 bits per heavy atom. The number of Topliss-reactive ketones (excluding diaryl/α,β-unsaturated/α-hetero) is 1. The van der Waals surface area contributed by atoms with E-state index in [1.165, 1.54) is 16.5 Å². The standard InChI is InChI=1S/C22H24ClNO/c23-14-6-9-18(21-16-24-22-11-5-4-10-20(21)22)15-19(25)13-12-17-7-2-1-3-8-17/h1-5,7-8,10-11,16,18,24H,6,9,12-15H2. The fraction of sp³-hybridized carbons (Fsp3) is 0.318. The summed E-state index contributed by atoms with van der Waals surface area (Å²) in [4.78, 5) is 15.9. The van der Waals surface area contributed by atoms with Crippen LogP contribution in [0.25, 0.3) is 10.9 Å². The predicted octanol–water partition coefficient (Wildman–Crippen LogP) is 5.86. The van der Waals surface area contributed by atoms with Crippen molar-refractivity contribution >= 4 is 28.3 Å². The lowest BCUT2D eigenvalue weighted by Gasteiger charge is -2.15. The van der Waals surface area contributed by atoms with Gasteiger partial charge in [0.25, 0.3) is 0 Å². The molecule has 0 saturated heterocycles. The number of aromatic nitrogens is 1. The summed E-state index contributed by atoms with van der Waals surface area (Å²) in [7, 11) is 0. The molecule has 1 aromatic heterocycles. The lowest BCUT2D eigenvalue weighted by atomic mass is 9.88. The van der Waals surface area contributed by atoms with Crippen LogP contribution in [0.2, 0.25) is 0 Å². The Morgan fingerprint density at radius 3 is 2.60 bits per heavy atom. The molecule has 0 spiro atoms. The SMILES string of the molecule is O=C(CCc1ccccc1)CC(CCCCl)c1c[nH]c2ccccc12. The summed E-state index contributed by atoms with van der Waals surface area (Å²) in [6.45, 7) is 0. The molecule has 0 aliphatic heterocycles. The summed E-state index contributed by atoms with van der Waals surface area (Å²) in [5.74, 6) is 1.20. The van der Waals surface area contributed by atoms with Gasteiger partial charge in [-0.25, -0.2) is 0 Å². The molecular formula is C22H24ClNO. The summed E-state index contributed by atoms with van der Waals surface area (Å²) >= 11 is 5.91. The average Bonchev–Trinajstić information content (AvgIpc) is 3.08. The van der Waals surface area contributed by atoms with Crippen molar-refractivity contribution < 1.29 is 4.79 Å². The second kappa shape index (κ2) is 8.87. The first-order valence-corrected chi connectivity index (χ1v) is 9.49. The highest BCUT2D eigenvalue weighted by atomic mass is 35.5. The monoisotopic (exact) mass is 353 g/mol. The minimum absolute atomic E-state index is 0.234. The molecule has 1 N–H and O–H groups in total. The van der Waals surface area contributed by atoms with Crippen LogP contribution in [0.15, 0.2) is 60.8 Å². The molecule has 25 heavy (non-hydrogen) atoms. The van der Waals surface area contributed by atoms with Crippen molar-refractivity contribution in [2.75, 3.05) is 5.88 Å². The first-order valence-electron chi connectivity index (χ1n) is 8.95. The highest BCUT2D eigenvalue weighted by molar-refractivity contribution is 6.17. The van der Waals surface area contributed by atoms with Crippen LogP contribution in [0.5, 0.6) is 0 Å². The van der Waals surface area contributed by atoms with E-state index in [9.17, 15) is 4.79 Å². The number of H-pyrrole nitrogens is 1. The number of carbonyl (C=O) groups excluding carboxylic acids is 1. The Morgan fingerprint density at radius 2 is 1.80 bits per heavy atom. The van der Waals surface area contributed by atoms with Gasteiger partial charge in [-0.1, -0.05) is 48.5 Å². The van der Waals surface area contributed by atoms with Crippen molar-refractivity contribution in [3.05, 3.63) is 71.9 Å². The lowest BCUT2D eigenvalue weighted by Crippen LogP contribution is -2.08. The van der Waals surface area contributed by atoms with Crippen molar-refractivity contribution in [3.63, 3.8) is 0 Å². The van der Waals surface area contributed by atoms with Crippen LogP contribution in [-0.4, -0.2) is 16.6 Å². The molecule has 0 saturated carbocycles. The zero-order chi connectivity index (χ0) is 17.5. The smallest absolute Gasteiger partial charge is 0.133 e. The molecule has 2 aromatic carbocycles. The van der Waals surface area contributed by atoms with E-state index >= 15 is 0 Å². The molecule has 130 valence electrons. The predicted molar refractivity (Wildman–Crippen MR) is 105 cm³/mol. The lowest BCUT2D eigenvalue weighted by molar-refractivity contribution is -0.119. The van der Waals surface area contributed by atoms with E-state index < -0.39 is 0 Å². The molecule has 3 rings (SSSR count). The van der Waals surface area contributed by atoms with E-state index in [-0.39, 0.29) is 5.92 Å². The number of hydrogen-bond acceptors (Lipinski definition) is 1. The average molecular weight is 354 g/mol. The number of alkyl halides is 1. The summed E-state index contributed by atoms with van der Waals surface area (Å²) in [6.07, 6.45) is 5.94. The Labute approximate surface area is 154 Å². The highest BCUT2D eigenvalue weighted by Crippen LogP contribution is 2.32. The van der Waals surface area contributed by atoms with Gasteiger partial charge in [0.15, 0.2) is 0 Å². The minimum atomic E-state index is 0.234. The number of nitrogens with one attached hydrogen (secondary N) is 1. The maximum absolute atomic E-state index is 12.6. The van der Waals surface area contributed by atoms with E-state index in [1.807, 2.05) is 24.3 Å². The molecule has 0 aliphatic carbocycles. The molecule has 3 aromatic rings. The quantitative estimate of drug-likeness (QED) is 0.480. The molecule has 1 unspecified atom stereocenters. The molecule has 0 bridgehead atoms. The van der Waals surface area contributed by atoms with Crippen molar-refractivity contribution in [1.29, 1.82) is 0 Å². The Hall–Kier alpha value is -2.06. The molecule has 0 amide bonds. The third kappa shape index (κ3) is 4.73. The van der Waals surface area contributed by atoms with Gasteiger partial charge in [-0.3, -0.25) is 4.79 Å². The van der Waals surface area contributed by atoms with Gasteiger partial charge in [-0.05, 0) is 42.4 Å². The Kier molecular flexibility index (Phi) is 6.30. The maximum Gasteiger partial charge on any atom is 0.133 e. The number of carbonyl (C=O) groups is 1. The Balaban J connectivity index is 1.69. The van der Waals surface area contributed by atoms with Crippen LogP contribution in [-0.2, 0) is 11.2 Å². The maximum atomic E-state index is 12.6. The third-order valence-electron chi connectivity index (χ3n) is 4.76. The zero-order valence-electron chi connectivity index (χ0n) is 14.4. The molecular weight excluding hydrogens is 330 g/mol. The van der Waals surface area contributed by atoms with Gasteiger partial charge in [0.1, 0.15) is 5.78 Å². The molecule has 0 aliphatic rings. The second-order valence-corrected chi connectivity index (χ2v) is 6.92. The number of para-hydroxylation sites is 1. The summed E-state index contributed by atoms with van der Waals surface area (Å²) in [5, 5.41) is 1.22. The van der Waals surface area contributed by atoms with Crippen LogP contribution < -0.4 is 0 Å². The van der Waals surface area contributed by atoms with Gasteiger partial charge < -0.3 is 4.98 Å². The van der Waals surface area contributed by atoms with Crippen LogP contribution >= 0.6 is 11.6 Å². The molecule has 0 radical (unpaired) electrons. The van der Waals surface area contributed by atoms with Gasteiger partial charge in [-0.2, -0.15) is 0 Å². The van der Waals surface area contributed by atoms with Crippen LogP contribution in [0.3, 0.4) is 0 Å². The topological polar surface area (TPSA) is 32.9 Å². The minimum Gasteiger partial charge on any atom is -0.361 e. The summed E-state index contributed by atoms with van der Waals surface area (Å²) < 4.78 is 0. The number of halogens is 1. The van der Waals surface area contributed by atoms with E-state index in [2.05, 4.69) is 41.5 Å². The molecule has 1 heterocycles. The van der Waals surface area contributed by atoms with Crippen molar-refractivity contribution in [2.24, 2.45) is 0 Å². The van der Waals surface area contributed by atoms with E-state index in [0.29, 0.717) is 24.5 Å². The van der Waals surface area contributed by atoms with Gasteiger partial charge in [0, 0.05) is 35.8 Å². The third-order valence-corrected chi connectivity index (χ3v) is 5.02.